The Bertz CT molecular complexity index is 1310. The zero-order chi connectivity index (χ0) is 24.0. The number of anilines is 1. The molecule has 34 heavy (non-hydrogen) atoms. The first-order valence-electron chi connectivity index (χ1n) is 10.8. The molecule has 2 aliphatic rings. The number of ketones is 1. The van der Waals surface area contributed by atoms with E-state index in [-0.39, 0.29) is 23.1 Å². The Hall–Kier alpha value is -4.11. The number of hydrogen-bond acceptors (Lipinski definition) is 7. The second-order valence-electron chi connectivity index (χ2n) is 8.53. The number of likely N-dealkylation sites (tertiary alicyclic amines) is 1. The minimum Gasteiger partial charge on any atom is -0.497 e. The molecule has 172 valence electrons. The summed E-state index contributed by atoms with van der Waals surface area (Å²) in [7, 11) is 3.34. The predicted octanol–water partition coefficient (Wildman–Crippen LogP) is 3.37. The number of nitro benzene ring substituents is 1. The van der Waals surface area contributed by atoms with Crippen molar-refractivity contribution >= 4 is 23.1 Å². The number of pyridine rings is 1. The van der Waals surface area contributed by atoms with E-state index in [0.29, 0.717) is 29.1 Å². The number of carbonyl (C=O) groups excluding carboxylic acids is 2. The Morgan fingerprint density at radius 3 is 2.74 bits per heavy atom. The highest BCUT2D eigenvalue weighted by atomic mass is 16.6. The van der Waals surface area contributed by atoms with Crippen LogP contribution in [0.5, 0.6) is 5.75 Å². The van der Waals surface area contributed by atoms with Crippen molar-refractivity contribution < 1.29 is 19.2 Å². The van der Waals surface area contributed by atoms with Crippen molar-refractivity contribution in [3.8, 4) is 5.75 Å². The van der Waals surface area contributed by atoms with Crippen molar-refractivity contribution in [2.75, 3.05) is 26.0 Å². The Kier molecular flexibility index (Phi) is 5.13. The number of hydrogen-bond donors (Lipinski definition) is 1. The SMILES string of the molecule is COc1ccc2c(c1)[C@@]1(C(=O)N2)[C@H](C(=O)c2ccccn2)[C@@H](c2cccc([N+](=O)[O-])c2)CN1C. The average Bonchev–Trinajstić information content (AvgIpc) is 3.33. The number of benzene rings is 2. The quantitative estimate of drug-likeness (QED) is 0.354. The van der Waals surface area contributed by atoms with E-state index >= 15 is 0 Å². The Morgan fingerprint density at radius 2 is 2.03 bits per heavy atom. The van der Waals surface area contributed by atoms with Gasteiger partial charge in [0.1, 0.15) is 17.0 Å². The fourth-order valence-corrected chi connectivity index (χ4v) is 5.38. The largest absolute Gasteiger partial charge is 0.497 e. The van der Waals surface area contributed by atoms with Crippen LogP contribution in [0.25, 0.3) is 0 Å². The number of nitrogens with zero attached hydrogens (tertiary/aromatic N) is 3. The molecule has 1 N–H and O–H groups in total. The second-order valence-corrected chi connectivity index (χ2v) is 8.53. The lowest BCUT2D eigenvalue weighted by Crippen LogP contribution is -2.51. The molecule has 5 rings (SSSR count). The molecular formula is C25H22N4O5. The minimum absolute atomic E-state index is 0.0666. The number of Topliss-reactive ketones (excluding diaryl/α,β-unsaturated/α-hetero) is 1. The van der Waals surface area contributed by atoms with E-state index in [9.17, 15) is 19.7 Å². The number of non-ortho nitro benzene ring substituents is 1. The maximum atomic E-state index is 14.0. The van der Waals surface area contributed by atoms with Crippen LogP contribution in [0.15, 0.2) is 66.9 Å². The minimum atomic E-state index is -1.33. The van der Waals surface area contributed by atoms with Gasteiger partial charge in [-0.15, -0.1) is 0 Å². The van der Waals surface area contributed by atoms with Crippen molar-refractivity contribution in [2.24, 2.45) is 5.92 Å². The first-order valence-corrected chi connectivity index (χ1v) is 10.8. The van der Waals surface area contributed by atoms with Crippen LogP contribution in [-0.2, 0) is 10.3 Å². The number of nitrogens with one attached hydrogen (secondary N) is 1. The fourth-order valence-electron chi connectivity index (χ4n) is 5.38. The topological polar surface area (TPSA) is 115 Å². The third kappa shape index (κ3) is 3.08. The Morgan fingerprint density at radius 1 is 1.21 bits per heavy atom. The van der Waals surface area contributed by atoms with Gasteiger partial charge in [0.2, 0.25) is 5.91 Å². The molecule has 3 aromatic rings. The molecule has 0 bridgehead atoms. The van der Waals surface area contributed by atoms with Gasteiger partial charge in [0.05, 0.1) is 18.0 Å². The Balaban J connectivity index is 1.74. The molecule has 2 aromatic carbocycles. The van der Waals surface area contributed by atoms with Crippen LogP contribution >= 0.6 is 0 Å². The van der Waals surface area contributed by atoms with Gasteiger partial charge in [-0.05, 0) is 42.9 Å². The summed E-state index contributed by atoms with van der Waals surface area (Å²) in [5.41, 5.74) is 0.715. The van der Waals surface area contributed by atoms with Gasteiger partial charge in [0.15, 0.2) is 5.78 Å². The summed E-state index contributed by atoms with van der Waals surface area (Å²) in [5, 5.41) is 14.4. The molecule has 1 fully saturated rings. The van der Waals surface area contributed by atoms with Crippen LogP contribution in [0.3, 0.4) is 0 Å². The highest BCUT2D eigenvalue weighted by Crippen LogP contribution is 2.56. The van der Waals surface area contributed by atoms with Gasteiger partial charge >= 0.3 is 0 Å². The van der Waals surface area contributed by atoms with E-state index in [1.165, 1.54) is 18.3 Å². The molecule has 1 aromatic heterocycles. The first kappa shape index (κ1) is 21.7. The smallest absolute Gasteiger partial charge is 0.269 e. The first-order chi connectivity index (χ1) is 16.4. The fraction of sp³-hybridized carbons (Fsp3) is 0.240. The summed E-state index contributed by atoms with van der Waals surface area (Å²) < 4.78 is 5.42. The number of methoxy groups -OCH3 is 1. The maximum absolute atomic E-state index is 14.0. The molecule has 0 saturated carbocycles. The number of rotatable bonds is 5. The van der Waals surface area contributed by atoms with Crippen LogP contribution in [0.1, 0.15) is 27.5 Å². The summed E-state index contributed by atoms with van der Waals surface area (Å²) in [4.78, 5) is 44.8. The molecule has 1 saturated heterocycles. The van der Waals surface area contributed by atoms with Gasteiger partial charge < -0.3 is 10.1 Å². The molecule has 1 amide bonds. The number of carbonyl (C=O) groups is 2. The summed E-state index contributed by atoms with van der Waals surface area (Å²) in [6, 6.07) is 16.6. The zero-order valence-corrected chi connectivity index (χ0v) is 18.6. The summed E-state index contributed by atoms with van der Waals surface area (Å²) >= 11 is 0. The third-order valence-corrected chi connectivity index (χ3v) is 6.87. The number of aromatic nitrogens is 1. The van der Waals surface area contributed by atoms with Crippen LogP contribution in [0.4, 0.5) is 11.4 Å². The maximum Gasteiger partial charge on any atom is 0.269 e. The predicted molar refractivity (Wildman–Crippen MR) is 124 cm³/mol. The highest BCUT2D eigenvalue weighted by molar-refractivity contribution is 6.12. The van der Waals surface area contributed by atoms with E-state index in [1.54, 1.807) is 62.7 Å². The van der Waals surface area contributed by atoms with Crippen molar-refractivity contribution in [2.45, 2.75) is 11.5 Å². The standard InChI is InChI=1S/C25H22N4O5/c1-28-14-18(15-6-5-7-16(12-15)29(32)33)22(23(30)21-8-3-4-11-26-21)25(28)19-13-17(34-2)9-10-20(19)27-24(25)31/h3-13,18,22H,14H2,1-2H3,(H,27,31)/t18-,22+,25+/m1/s1. The molecule has 1 spiro atoms. The van der Waals surface area contributed by atoms with Crippen molar-refractivity contribution in [3.05, 3.63) is 93.8 Å². The number of likely N-dealkylation sites (N-methyl/N-ethyl adjacent to an activating group) is 1. The van der Waals surface area contributed by atoms with Crippen LogP contribution in [0.2, 0.25) is 0 Å². The van der Waals surface area contributed by atoms with E-state index in [0.717, 1.165) is 0 Å². The van der Waals surface area contributed by atoms with E-state index in [1.807, 2.05) is 4.90 Å². The molecule has 0 radical (unpaired) electrons. The van der Waals surface area contributed by atoms with Gasteiger partial charge in [-0.3, -0.25) is 29.6 Å². The molecule has 3 heterocycles. The van der Waals surface area contributed by atoms with Crippen LogP contribution in [-0.4, -0.2) is 47.2 Å². The van der Waals surface area contributed by atoms with Gasteiger partial charge in [-0.25, -0.2) is 0 Å². The van der Waals surface area contributed by atoms with Gasteiger partial charge in [-0.1, -0.05) is 18.2 Å². The van der Waals surface area contributed by atoms with Gasteiger partial charge in [0, 0.05) is 42.0 Å². The lowest BCUT2D eigenvalue weighted by atomic mass is 9.71. The van der Waals surface area contributed by atoms with E-state index in [2.05, 4.69) is 10.3 Å². The van der Waals surface area contributed by atoms with Crippen LogP contribution in [0, 0.1) is 16.0 Å². The lowest BCUT2D eigenvalue weighted by Gasteiger charge is -2.35. The molecular weight excluding hydrogens is 436 g/mol. The van der Waals surface area contributed by atoms with Crippen LogP contribution < -0.4 is 10.1 Å². The van der Waals surface area contributed by atoms with E-state index in [4.69, 9.17) is 4.74 Å². The molecule has 3 atom stereocenters. The number of amides is 1. The van der Waals surface area contributed by atoms with Gasteiger partial charge in [0.25, 0.3) is 5.69 Å². The summed E-state index contributed by atoms with van der Waals surface area (Å²) in [5.74, 6) is -1.41. The molecule has 0 unspecified atom stereocenters. The summed E-state index contributed by atoms with van der Waals surface area (Å²) in [6.07, 6.45) is 1.53. The zero-order valence-electron chi connectivity index (χ0n) is 18.6. The van der Waals surface area contributed by atoms with Crippen molar-refractivity contribution in [3.63, 3.8) is 0 Å². The highest BCUT2D eigenvalue weighted by Gasteiger charge is 2.64. The van der Waals surface area contributed by atoms with Crippen molar-refractivity contribution in [1.82, 2.24) is 9.88 Å². The monoisotopic (exact) mass is 458 g/mol. The number of nitro groups is 1. The molecule has 2 aliphatic heterocycles. The number of ether oxygens (including phenoxy) is 1. The second kappa shape index (κ2) is 8.03. The molecule has 9 heteroatoms. The summed E-state index contributed by atoms with van der Waals surface area (Å²) in [6.45, 7) is 0.342. The molecule has 9 nitrogen and oxygen atoms in total. The Labute approximate surface area is 195 Å². The third-order valence-electron chi connectivity index (χ3n) is 6.87. The molecule has 0 aliphatic carbocycles. The van der Waals surface area contributed by atoms with Gasteiger partial charge in [-0.2, -0.15) is 0 Å². The van der Waals surface area contributed by atoms with Crippen molar-refractivity contribution in [1.29, 1.82) is 0 Å². The van der Waals surface area contributed by atoms with E-state index < -0.39 is 22.3 Å². The lowest BCUT2D eigenvalue weighted by molar-refractivity contribution is -0.384. The number of fused-ring (bicyclic) bond motifs is 2. The normalized spacial score (nSPS) is 23.5. The average molecular weight is 458 g/mol.